The predicted octanol–water partition coefficient (Wildman–Crippen LogP) is 3.82. The van der Waals surface area contributed by atoms with E-state index in [4.69, 9.17) is 4.42 Å². The molecule has 0 aliphatic rings. The third-order valence-corrected chi connectivity index (χ3v) is 4.39. The lowest BCUT2D eigenvalue weighted by molar-refractivity contribution is 0.453. The third kappa shape index (κ3) is 2.80. The molecule has 2 aromatic rings. The van der Waals surface area contributed by atoms with Crippen molar-refractivity contribution in [3.63, 3.8) is 0 Å². The first kappa shape index (κ1) is 13.7. The number of halogens is 1. The van der Waals surface area contributed by atoms with Crippen LogP contribution in [0.3, 0.4) is 0 Å². The van der Waals surface area contributed by atoms with Crippen molar-refractivity contribution in [1.29, 1.82) is 0 Å². The quantitative estimate of drug-likeness (QED) is 0.782. The average molecular weight is 330 g/mol. The van der Waals surface area contributed by atoms with Crippen molar-refractivity contribution >= 4 is 27.7 Å². The summed E-state index contributed by atoms with van der Waals surface area (Å²) in [5.41, 5.74) is 3.21. The van der Waals surface area contributed by atoms with Gasteiger partial charge in [0, 0.05) is 12.3 Å². The van der Waals surface area contributed by atoms with Crippen molar-refractivity contribution < 1.29 is 4.42 Å². The van der Waals surface area contributed by atoms with Gasteiger partial charge in [-0.05, 0) is 36.2 Å². The summed E-state index contributed by atoms with van der Waals surface area (Å²) < 4.78 is 8.49. The van der Waals surface area contributed by atoms with Crippen molar-refractivity contribution in [1.82, 2.24) is 14.8 Å². The Kier molecular flexibility index (Phi) is 4.50. The van der Waals surface area contributed by atoms with E-state index in [1.807, 2.05) is 11.6 Å². The summed E-state index contributed by atoms with van der Waals surface area (Å²) in [7, 11) is 0. The normalized spacial score (nSPS) is 11.1. The molecule has 4 nitrogen and oxygen atoms in total. The third-order valence-electron chi connectivity index (χ3n) is 2.62. The van der Waals surface area contributed by atoms with Crippen LogP contribution in [0.25, 0.3) is 0 Å². The molecule has 6 heteroatoms. The summed E-state index contributed by atoms with van der Waals surface area (Å²) in [6.07, 6.45) is 2.61. The van der Waals surface area contributed by atoms with Crippen LogP contribution in [0.4, 0.5) is 0 Å². The molecule has 0 saturated carbocycles. The molecule has 18 heavy (non-hydrogen) atoms. The van der Waals surface area contributed by atoms with Crippen LogP contribution in [-0.2, 0) is 18.7 Å². The first-order chi connectivity index (χ1) is 8.65. The number of aryl methyl sites for hydroxylation is 3. The lowest BCUT2D eigenvalue weighted by Gasteiger charge is -2.03. The van der Waals surface area contributed by atoms with E-state index >= 15 is 0 Å². The maximum atomic E-state index is 5.34. The minimum Gasteiger partial charge on any atom is -0.440 e. The van der Waals surface area contributed by atoms with Gasteiger partial charge in [-0.25, -0.2) is 4.98 Å². The van der Waals surface area contributed by atoms with Gasteiger partial charge in [-0.1, -0.05) is 18.7 Å². The lowest BCUT2D eigenvalue weighted by atomic mass is 10.3. The summed E-state index contributed by atoms with van der Waals surface area (Å²) in [6, 6.07) is 0. The molecule has 0 bridgehead atoms. The maximum Gasteiger partial charge on any atom is 0.256 e. The van der Waals surface area contributed by atoms with Gasteiger partial charge in [-0.2, -0.15) is 5.10 Å². The SMILES string of the molecule is CCc1nn(CC)c(CSc2nc(C)co2)c1Br. The number of rotatable bonds is 5. The Hall–Kier alpha value is -0.750. The molecule has 0 N–H and O–H groups in total. The highest BCUT2D eigenvalue weighted by molar-refractivity contribution is 9.10. The second-order valence-corrected chi connectivity index (χ2v) is 5.64. The van der Waals surface area contributed by atoms with Crippen LogP contribution in [0.15, 0.2) is 20.4 Å². The first-order valence-corrected chi connectivity index (χ1v) is 7.72. The van der Waals surface area contributed by atoms with Gasteiger partial charge in [-0.15, -0.1) is 0 Å². The summed E-state index contributed by atoms with van der Waals surface area (Å²) >= 11 is 5.23. The second kappa shape index (κ2) is 5.93. The molecular formula is C12H16BrN3OS. The van der Waals surface area contributed by atoms with Gasteiger partial charge in [0.1, 0.15) is 6.26 Å². The van der Waals surface area contributed by atoms with Gasteiger partial charge >= 0.3 is 0 Å². The van der Waals surface area contributed by atoms with Gasteiger partial charge < -0.3 is 4.42 Å². The summed E-state index contributed by atoms with van der Waals surface area (Å²) in [4.78, 5) is 4.29. The minimum atomic E-state index is 0.710. The molecule has 0 radical (unpaired) electrons. The Morgan fingerprint density at radius 3 is 2.78 bits per heavy atom. The molecule has 0 aromatic carbocycles. The zero-order valence-electron chi connectivity index (χ0n) is 10.7. The number of aromatic nitrogens is 3. The highest BCUT2D eigenvalue weighted by atomic mass is 79.9. The minimum absolute atomic E-state index is 0.710. The molecule has 2 heterocycles. The Morgan fingerprint density at radius 2 is 2.22 bits per heavy atom. The highest BCUT2D eigenvalue weighted by Crippen LogP contribution is 2.29. The molecule has 0 fully saturated rings. The van der Waals surface area contributed by atoms with E-state index in [9.17, 15) is 0 Å². The molecule has 0 aliphatic heterocycles. The number of nitrogens with zero attached hydrogens (tertiary/aromatic N) is 3. The molecule has 0 aliphatic carbocycles. The van der Waals surface area contributed by atoms with E-state index in [0.29, 0.717) is 5.22 Å². The topological polar surface area (TPSA) is 43.9 Å². The number of oxazole rings is 1. The van der Waals surface area contributed by atoms with Crippen LogP contribution >= 0.6 is 27.7 Å². The van der Waals surface area contributed by atoms with Gasteiger partial charge in [0.15, 0.2) is 0 Å². The smallest absolute Gasteiger partial charge is 0.256 e. The first-order valence-electron chi connectivity index (χ1n) is 5.94. The molecule has 0 amide bonds. The van der Waals surface area contributed by atoms with E-state index in [0.717, 1.165) is 34.6 Å². The van der Waals surface area contributed by atoms with E-state index in [1.54, 1.807) is 18.0 Å². The Bertz CT molecular complexity index is 535. The zero-order valence-corrected chi connectivity index (χ0v) is 13.1. The monoisotopic (exact) mass is 329 g/mol. The molecule has 0 unspecified atom stereocenters. The van der Waals surface area contributed by atoms with Crippen molar-refractivity contribution in [2.75, 3.05) is 0 Å². The highest BCUT2D eigenvalue weighted by Gasteiger charge is 2.15. The van der Waals surface area contributed by atoms with Crippen molar-refractivity contribution in [3.05, 3.63) is 27.8 Å². The van der Waals surface area contributed by atoms with Crippen LogP contribution in [0.2, 0.25) is 0 Å². The Labute approximate surface area is 119 Å². The standard InChI is InChI=1S/C12H16BrN3OS/c1-4-9-11(13)10(16(5-2)15-9)7-18-12-14-8(3)6-17-12/h6H,4-5,7H2,1-3H3. The maximum absolute atomic E-state index is 5.34. The molecule has 98 valence electrons. The zero-order chi connectivity index (χ0) is 13.1. The average Bonchev–Trinajstić information content (AvgIpc) is 2.91. The van der Waals surface area contributed by atoms with E-state index in [1.165, 1.54) is 5.69 Å². The van der Waals surface area contributed by atoms with Crippen LogP contribution in [0, 0.1) is 6.92 Å². The fourth-order valence-corrected chi connectivity index (χ4v) is 3.45. The van der Waals surface area contributed by atoms with Gasteiger partial charge in [0.2, 0.25) is 0 Å². The molecule has 0 spiro atoms. The van der Waals surface area contributed by atoms with Crippen LogP contribution < -0.4 is 0 Å². The summed E-state index contributed by atoms with van der Waals surface area (Å²) in [6.45, 7) is 7.01. The Balaban J connectivity index is 2.15. The molecule has 0 saturated heterocycles. The fraction of sp³-hybridized carbons (Fsp3) is 0.500. The van der Waals surface area contributed by atoms with E-state index in [-0.39, 0.29) is 0 Å². The molecular weight excluding hydrogens is 314 g/mol. The predicted molar refractivity (Wildman–Crippen MR) is 75.8 cm³/mol. The van der Waals surface area contributed by atoms with Crippen LogP contribution in [-0.4, -0.2) is 14.8 Å². The number of hydrogen-bond donors (Lipinski definition) is 0. The molecule has 0 atom stereocenters. The van der Waals surface area contributed by atoms with Crippen LogP contribution in [0.1, 0.15) is 30.9 Å². The van der Waals surface area contributed by atoms with Crippen molar-refractivity contribution in [2.45, 2.75) is 44.7 Å². The summed E-state index contributed by atoms with van der Waals surface area (Å²) in [5.74, 6) is 0.807. The van der Waals surface area contributed by atoms with Gasteiger partial charge in [0.25, 0.3) is 5.22 Å². The number of hydrogen-bond acceptors (Lipinski definition) is 4. The van der Waals surface area contributed by atoms with Gasteiger partial charge in [0.05, 0.1) is 21.6 Å². The van der Waals surface area contributed by atoms with E-state index in [2.05, 4.69) is 39.9 Å². The largest absolute Gasteiger partial charge is 0.440 e. The Morgan fingerprint density at radius 1 is 1.44 bits per heavy atom. The second-order valence-electron chi connectivity index (χ2n) is 3.92. The molecule has 2 rings (SSSR count). The van der Waals surface area contributed by atoms with Crippen molar-refractivity contribution in [2.24, 2.45) is 0 Å². The summed E-state index contributed by atoms with van der Waals surface area (Å²) in [5, 5.41) is 5.28. The van der Waals surface area contributed by atoms with Gasteiger partial charge in [-0.3, -0.25) is 4.68 Å². The fourth-order valence-electron chi connectivity index (χ4n) is 1.68. The lowest BCUT2D eigenvalue weighted by Crippen LogP contribution is -2.01. The van der Waals surface area contributed by atoms with Crippen LogP contribution in [0.5, 0.6) is 0 Å². The number of thioether (sulfide) groups is 1. The van der Waals surface area contributed by atoms with Crippen molar-refractivity contribution in [3.8, 4) is 0 Å². The van der Waals surface area contributed by atoms with E-state index < -0.39 is 0 Å². The molecule has 2 aromatic heterocycles.